The third-order valence-corrected chi connectivity index (χ3v) is 8.36. The maximum Gasteiger partial charge on any atom is 0.261 e. The lowest BCUT2D eigenvalue weighted by molar-refractivity contribution is 0.0647. The minimum Gasteiger partial charge on any atom is -0.437 e. The van der Waals surface area contributed by atoms with Crippen LogP contribution < -0.4 is 10.1 Å². The molecule has 0 atom stereocenters. The maximum atomic E-state index is 12.6. The van der Waals surface area contributed by atoms with Gasteiger partial charge in [-0.3, -0.25) is 19.2 Å². The first-order valence-electron chi connectivity index (χ1n) is 14.0. The number of nitrogens with zero attached hydrogens (tertiary/aromatic N) is 7. The number of aromatic nitrogens is 5. The summed E-state index contributed by atoms with van der Waals surface area (Å²) in [6, 6.07) is 22.1. The number of nitrogens with one attached hydrogen (secondary N) is 1. The second-order valence-corrected chi connectivity index (χ2v) is 11.4. The number of carbonyl (C=O) groups excluding carboxylic acids is 2. The number of amides is 2. The normalized spacial score (nSPS) is 12.4. The van der Waals surface area contributed by atoms with Crippen LogP contribution in [0.25, 0.3) is 21.5 Å². The molecular formula is C33H24N8O3S. The van der Waals surface area contributed by atoms with Gasteiger partial charge in [-0.1, -0.05) is 29.5 Å². The van der Waals surface area contributed by atoms with E-state index in [0.29, 0.717) is 46.5 Å². The number of fused-ring (bicyclic) bond motifs is 2. The first kappa shape index (κ1) is 27.9. The fourth-order valence-corrected chi connectivity index (χ4v) is 6.03. The van der Waals surface area contributed by atoms with Crippen molar-refractivity contribution in [3.05, 3.63) is 106 Å². The summed E-state index contributed by atoms with van der Waals surface area (Å²) < 4.78 is 8.74. The molecule has 0 unspecified atom stereocenters. The Kier molecular flexibility index (Phi) is 6.99. The fraction of sp³-hybridized carbons (Fsp3) is 0.121. The van der Waals surface area contributed by atoms with E-state index in [-0.39, 0.29) is 18.4 Å². The lowest BCUT2D eigenvalue weighted by Crippen LogP contribution is -2.33. The summed E-state index contributed by atoms with van der Waals surface area (Å²) in [5.41, 5.74) is 6.15. The second kappa shape index (κ2) is 11.3. The molecule has 11 nitrogen and oxygen atoms in total. The van der Waals surface area contributed by atoms with Crippen LogP contribution in [0.5, 0.6) is 11.6 Å². The Balaban J connectivity index is 1.05. The highest BCUT2D eigenvalue weighted by atomic mass is 32.1. The third-order valence-electron chi connectivity index (χ3n) is 7.47. The predicted octanol–water partition coefficient (Wildman–Crippen LogP) is 6.27. The molecule has 12 heteroatoms. The van der Waals surface area contributed by atoms with Gasteiger partial charge in [0.2, 0.25) is 11.8 Å². The minimum absolute atomic E-state index is 0.197. The smallest absolute Gasteiger partial charge is 0.261 e. The Morgan fingerprint density at radius 1 is 0.933 bits per heavy atom. The van der Waals surface area contributed by atoms with Crippen LogP contribution in [-0.2, 0) is 6.54 Å². The minimum atomic E-state index is -0.292. The Hall–Kier alpha value is -5.93. The topological polar surface area (TPSA) is 139 Å². The molecule has 0 saturated heterocycles. The van der Waals surface area contributed by atoms with Crippen LogP contribution in [0.15, 0.2) is 78.3 Å². The number of thiophene rings is 1. The molecule has 0 bridgehead atoms. The zero-order valence-corrected chi connectivity index (χ0v) is 25.0. The highest BCUT2D eigenvalue weighted by Crippen LogP contribution is 2.36. The molecule has 45 heavy (non-hydrogen) atoms. The fourth-order valence-electron chi connectivity index (χ4n) is 5.27. The highest BCUT2D eigenvalue weighted by Gasteiger charge is 2.34. The van der Waals surface area contributed by atoms with Crippen molar-refractivity contribution >= 4 is 45.0 Å². The average Bonchev–Trinajstić information content (AvgIpc) is 3.77. The monoisotopic (exact) mass is 612 g/mol. The summed E-state index contributed by atoms with van der Waals surface area (Å²) in [7, 11) is 0. The number of anilines is 2. The zero-order valence-electron chi connectivity index (χ0n) is 24.2. The van der Waals surface area contributed by atoms with E-state index in [4.69, 9.17) is 4.74 Å². The number of hydrogen-bond acceptors (Lipinski definition) is 10. The van der Waals surface area contributed by atoms with Gasteiger partial charge in [-0.05, 0) is 72.8 Å². The third kappa shape index (κ3) is 5.26. The number of benzene rings is 3. The van der Waals surface area contributed by atoms with E-state index >= 15 is 0 Å². The standard InChI is InChI=1S/C33H24N8O3S/c1-19-15-21(17-34)16-20(2)28(19)44-30-29-26(11-14-45-29)36-33(37-30)35-23-9-7-22(8-10-23)27-18-40(39-38-27)12-13-41-31(42)24-5-3-4-6-25(24)32(41)43/h3-11,14-16,18H,12-13H2,1-2H3,(H,35,36,37). The molecular weight excluding hydrogens is 588 g/mol. The van der Waals surface area contributed by atoms with Gasteiger partial charge in [0.05, 0.1) is 41.0 Å². The number of nitriles is 1. The average molecular weight is 613 g/mol. The highest BCUT2D eigenvalue weighted by molar-refractivity contribution is 7.17. The molecule has 220 valence electrons. The summed E-state index contributed by atoms with van der Waals surface area (Å²) >= 11 is 1.50. The quantitative estimate of drug-likeness (QED) is 0.197. The van der Waals surface area contributed by atoms with E-state index in [0.717, 1.165) is 32.6 Å². The molecule has 1 aliphatic rings. The summed E-state index contributed by atoms with van der Waals surface area (Å²) in [4.78, 5) is 35.9. The number of rotatable bonds is 8. The van der Waals surface area contributed by atoms with E-state index in [1.807, 2.05) is 49.6 Å². The van der Waals surface area contributed by atoms with Crippen molar-refractivity contribution in [1.82, 2.24) is 29.9 Å². The van der Waals surface area contributed by atoms with Gasteiger partial charge in [0.1, 0.15) is 16.1 Å². The molecule has 1 aliphatic heterocycles. The van der Waals surface area contributed by atoms with Crippen LogP contribution >= 0.6 is 11.3 Å². The van der Waals surface area contributed by atoms with Crippen molar-refractivity contribution in [1.29, 1.82) is 5.26 Å². The first-order chi connectivity index (χ1) is 21.9. The van der Waals surface area contributed by atoms with Gasteiger partial charge in [-0.15, -0.1) is 16.4 Å². The maximum absolute atomic E-state index is 12.6. The molecule has 0 radical (unpaired) electrons. The van der Waals surface area contributed by atoms with Gasteiger partial charge in [0.25, 0.3) is 11.8 Å². The molecule has 1 N–H and O–H groups in total. The predicted molar refractivity (Wildman–Crippen MR) is 169 cm³/mol. The molecule has 0 aliphatic carbocycles. The van der Waals surface area contributed by atoms with E-state index in [1.165, 1.54) is 16.2 Å². The van der Waals surface area contributed by atoms with Gasteiger partial charge in [-0.25, -0.2) is 4.98 Å². The molecule has 3 aromatic carbocycles. The number of ether oxygens (including phenoxy) is 1. The van der Waals surface area contributed by atoms with Crippen LogP contribution in [0.1, 0.15) is 37.4 Å². The molecule has 4 heterocycles. The number of hydrogen-bond donors (Lipinski definition) is 1. The lowest BCUT2D eigenvalue weighted by Gasteiger charge is -2.13. The van der Waals surface area contributed by atoms with Crippen LogP contribution in [0, 0.1) is 25.2 Å². The van der Waals surface area contributed by atoms with Gasteiger partial charge in [-0.2, -0.15) is 10.2 Å². The number of carbonyl (C=O) groups is 2. The molecule has 7 rings (SSSR count). The van der Waals surface area contributed by atoms with Crippen LogP contribution in [0.4, 0.5) is 11.6 Å². The largest absolute Gasteiger partial charge is 0.437 e. The summed E-state index contributed by atoms with van der Waals surface area (Å²) in [6.07, 6.45) is 1.78. The van der Waals surface area contributed by atoms with Crippen LogP contribution in [-0.4, -0.2) is 48.2 Å². The molecule has 6 aromatic rings. The molecule has 2 amide bonds. The van der Waals surface area contributed by atoms with Crippen molar-refractivity contribution in [3.63, 3.8) is 0 Å². The molecule has 0 saturated carbocycles. The van der Waals surface area contributed by atoms with Gasteiger partial charge >= 0.3 is 0 Å². The summed E-state index contributed by atoms with van der Waals surface area (Å²) in [5.74, 6) is 0.891. The Morgan fingerprint density at radius 2 is 1.64 bits per heavy atom. The van der Waals surface area contributed by atoms with E-state index in [9.17, 15) is 14.9 Å². The van der Waals surface area contributed by atoms with E-state index in [2.05, 4.69) is 31.7 Å². The molecule has 3 aromatic heterocycles. The van der Waals surface area contributed by atoms with Crippen molar-refractivity contribution in [2.75, 3.05) is 11.9 Å². The molecule has 0 spiro atoms. The van der Waals surface area contributed by atoms with Gasteiger partial charge in [0.15, 0.2) is 0 Å². The van der Waals surface area contributed by atoms with Crippen molar-refractivity contribution in [2.24, 2.45) is 0 Å². The SMILES string of the molecule is Cc1cc(C#N)cc(C)c1Oc1nc(Nc2ccc(-c3cn(CCN4C(=O)c5ccccc5C4=O)nn3)cc2)nc2ccsc12. The van der Waals surface area contributed by atoms with Crippen LogP contribution in [0.2, 0.25) is 0 Å². The van der Waals surface area contributed by atoms with Crippen molar-refractivity contribution in [2.45, 2.75) is 20.4 Å². The Labute approximate surface area is 261 Å². The van der Waals surface area contributed by atoms with Crippen molar-refractivity contribution < 1.29 is 14.3 Å². The number of aryl methyl sites for hydroxylation is 2. The lowest BCUT2D eigenvalue weighted by atomic mass is 10.1. The van der Waals surface area contributed by atoms with Gasteiger partial charge in [0, 0.05) is 17.8 Å². The van der Waals surface area contributed by atoms with Crippen LogP contribution in [0.3, 0.4) is 0 Å². The Morgan fingerprint density at radius 3 is 2.33 bits per heavy atom. The second-order valence-electron chi connectivity index (χ2n) is 10.5. The van der Waals surface area contributed by atoms with E-state index in [1.54, 1.807) is 47.3 Å². The number of imide groups is 1. The molecule has 0 fully saturated rings. The van der Waals surface area contributed by atoms with E-state index < -0.39 is 0 Å². The van der Waals surface area contributed by atoms with Gasteiger partial charge < -0.3 is 10.1 Å². The van der Waals surface area contributed by atoms with Crippen molar-refractivity contribution in [3.8, 4) is 29.0 Å². The zero-order chi connectivity index (χ0) is 31.1. The Bertz CT molecular complexity index is 2110. The summed E-state index contributed by atoms with van der Waals surface area (Å²) in [6.45, 7) is 4.34. The summed E-state index contributed by atoms with van der Waals surface area (Å²) in [5, 5.41) is 23.0. The first-order valence-corrected chi connectivity index (χ1v) is 14.9.